The first kappa shape index (κ1) is 15.8. The second-order valence-corrected chi connectivity index (χ2v) is 6.51. The zero-order chi connectivity index (χ0) is 17.4. The van der Waals surface area contributed by atoms with Gasteiger partial charge >= 0.3 is 0 Å². The maximum atomic E-state index is 12.8. The molecule has 7 nitrogen and oxygen atoms in total. The number of nitrogens with zero attached hydrogens (tertiary/aromatic N) is 4. The summed E-state index contributed by atoms with van der Waals surface area (Å²) in [6, 6.07) is 3.32. The summed E-state index contributed by atoms with van der Waals surface area (Å²) in [6.45, 7) is 3.48. The molecule has 2 aliphatic rings. The summed E-state index contributed by atoms with van der Waals surface area (Å²) in [6.07, 6.45) is 5.42. The molecular formula is C18H20N4O3. The lowest BCUT2D eigenvalue weighted by Crippen LogP contribution is -2.48. The Balaban J connectivity index is 1.50. The molecule has 2 aliphatic heterocycles. The average molecular weight is 340 g/mol. The van der Waals surface area contributed by atoms with E-state index in [1.807, 2.05) is 19.1 Å². The summed E-state index contributed by atoms with van der Waals surface area (Å²) >= 11 is 0. The van der Waals surface area contributed by atoms with Crippen LogP contribution < -0.4 is 0 Å². The van der Waals surface area contributed by atoms with Crippen LogP contribution in [0.25, 0.3) is 11.5 Å². The first-order chi connectivity index (χ1) is 12.1. The van der Waals surface area contributed by atoms with Crippen molar-refractivity contribution in [2.75, 3.05) is 13.1 Å². The molecule has 2 aromatic rings. The van der Waals surface area contributed by atoms with Gasteiger partial charge < -0.3 is 14.2 Å². The highest BCUT2D eigenvalue weighted by atomic mass is 16.4. The zero-order valence-corrected chi connectivity index (χ0v) is 14.1. The third-order valence-electron chi connectivity index (χ3n) is 4.88. The minimum absolute atomic E-state index is 0.0215. The van der Waals surface area contributed by atoms with E-state index < -0.39 is 6.04 Å². The average Bonchev–Trinajstić information content (AvgIpc) is 3.26. The van der Waals surface area contributed by atoms with Gasteiger partial charge in [0.05, 0.1) is 12.1 Å². The molecule has 0 saturated carbocycles. The van der Waals surface area contributed by atoms with Crippen LogP contribution in [0.4, 0.5) is 0 Å². The van der Waals surface area contributed by atoms with E-state index in [0.29, 0.717) is 38.4 Å². The molecule has 1 saturated heterocycles. The Morgan fingerprint density at radius 1 is 1.32 bits per heavy atom. The number of rotatable bonds is 3. The molecular weight excluding hydrogens is 320 g/mol. The first-order valence-corrected chi connectivity index (χ1v) is 8.60. The highest BCUT2D eigenvalue weighted by Crippen LogP contribution is 2.26. The van der Waals surface area contributed by atoms with Crippen molar-refractivity contribution in [3.63, 3.8) is 0 Å². The van der Waals surface area contributed by atoms with Crippen molar-refractivity contribution in [2.24, 2.45) is 0 Å². The van der Waals surface area contributed by atoms with Crippen molar-refractivity contribution in [1.82, 2.24) is 19.8 Å². The molecule has 2 amide bonds. The number of hydrogen-bond donors (Lipinski definition) is 0. The van der Waals surface area contributed by atoms with Crippen LogP contribution in [0.2, 0.25) is 0 Å². The molecule has 1 fully saturated rings. The van der Waals surface area contributed by atoms with Gasteiger partial charge in [-0.15, -0.1) is 0 Å². The number of aromatic nitrogens is 2. The fraction of sp³-hybridized carbons (Fsp3) is 0.444. The largest absolute Gasteiger partial charge is 0.441 e. The van der Waals surface area contributed by atoms with Crippen LogP contribution in [-0.4, -0.2) is 50.7 Å². The highest BCUT2D eigenvalue weighted by molar-refractivity contribution is 5.88. The van der Waals surface area contributed by atoms with Crippen LogP contribution in [0.3, 0.4) is 0 Å². The summed E-state index contributed by atoms with van der Waals surface area (Å²) in [5.74, 6) is 1.41. The third kappa shape index (κ3) is 2.90. The van der Waals surface area contributed by atoms with Crippen LogP contribution in [0.1, 0.15) is 31.2 Å². The maximum Gasteiger partial charge on any atom is 0.245 e. The number of carbonyl (C=O) groups is 2. The molecule has 2 aromatic heterocycles. The molecule has 7 heteroatoms. The van der Waals surface area contributed by atoms with E-state index in [1.54, 1.807) is 22.2 Å². The number of likely N-dealkylation sites (tertiary alicyclic amines) is 1. The summed E-state index contributed by atoms with van der Waals surface area (Å²) in [4.78, 5) is 36.7. The molecule has 0 bridgehead atoms. The molecule has 0 N–H and O–H groups in total. The zero-order valence-electron chi connectivity index (χ0n) is 14.1. The third-order valence-corrected chi connectivity index (χ3v) is 4.88. The van der Waals surface area contributed by atoms with E-state index in [2.05, 4.69) is 9.97 Å². The Kier molecular flexibility index (Phi) is 3.99. The molecule has 130 valence electrons. The van der Waals surface area contributed by atoms with Gasteiger partial charge in [0.1, 0.15) is 17.5 Å². The van der Waals surface area contributed by atoms with E-state index in [9.17, 15) is 9.59 Å². The van der Waals surface area contributed by atoms with Crippen molar-refractivity contribution in [3.8, 4) is 11.5 Å². The summed E-state index contributed by atoms with van der Waals surface area (Å²) < 4.78 is 5.84. The molecule has 0 radical (unpaired) electrons. The summed E-state index contributed by atoms with van der Waals surface area (Å²) in [7, 11) is 0. The Morgan fingerprint density at radius 2 is 2.20 bits per heavy atom. The lowest BCUT2D eigenvalue weighted by molar-refractivity contribution is -0.143. The molecule has 0 aromatic carbocycles. The maximum absolute atomic E-state index is 12.8. The number of pyridine rings is 1. The van der Waals surface area contributed by atoms with Crippen molar-refractivity contribution < 1.29 is 14.0 Å². The van der Waals surface area contributed by atoms with Gasteiger partial charge in [-0.05, 0) is 25.5 Å². The predicted molar refractivity (Wildman–Crippen MR) is 89.3 cm³/mol. The first-order valence-electron chi connectivity index (χ1n) is 8.60. The van der Waals surface area contributed by atoms with E-state index in [0.717, 1.165) is 23.4 Å². The van der Waals surface area contributed by atoms with Crippen LogP contribution in [0.5, 0.6) is 0 Å². The number of fused-ring (bicyclic) bond motifs is 1. The predicted octanol–water partition coefficient (Wildman–Crippen LogP) is 1.63. The molecule has 4 heterocycles. The number of amides is 2. The van der Waals surface area contributed by atoms with Gasteiger partial charge in [0.2, 0.25) is 17.7 Å². The summed E-state index contributed by atoms with van der Waals surface area (Å²) in [5, 5.41) is 0. The molecule has 1 unspecified atom stereocenters. The second kappa shape index (κ2) is 6.31. The van der Waals surface area contributed by atoms with Crippen LogP contribution >= 0.6 is 0 Å². The Bertz CT molecular complexity index is 802. The minimum atomic E-state index is -0.416. The minimum Gasteiger partial charge on any atom is -0.441 e. The van der Waals surface area contributed by atoms with Gasteiger partial charge in [0, 0.05) is 38.3 Å². The monoisotopic (exact) mass is 340 g/mol. The van der Waals surface area contributed by atoms with Crippen LogP contribution in [-0.2, 0) is 22.6 Å². The second-order valence-electron chi connectivity index (χ2n) is 6.51. The molecule has 25 heavy (non-hydrogen) atoms. The molecule has 0 aliphatic carbocycles. The fourth-order valence-electron chi connectivity index (χ4n) is 3.48. The van der Waals surface area contributed by atoms with E-state index in [1.165, 1.54) is 0 Å². The fourth-order valence-corrected chi connectivity index (χ4v) is 3.48. The SMILES string of the molecule is CC(C(=O)N1CCc2oc(-c3cccnc3)nc2C1)N1CCCC1=O. The van der Waals surface area contributed by atoms with Gasteiger partial charge in [0.25, 0.3) is 0 Å². The standard InChI is InChI=1S/C18H20N4O3/c1-12(22-8-3-5-16(22)23)18(24)21-9-6-15-14(11-21)20-17(25-15)13-4-2-7-19-10-13/h2,4,7,10,12H,3,5-6,8-9,11H2,1H3. The molecule has 4 rings (SSSR count). The number of hydrogen-bond acceptors (Lipinski definition) is 5. The van der Waals surface area contributed by atoms with Gasteiger partial charge in [-0.3, -0.25) is 14.6 Å². The van der Waals surface area contributed by atoms with Gasteiger partial charge in [-0.2, -0.15) is 0 Å². The number of oxazole rings is 1. The van der Waals surface area contributed by atoms with Crippen molar-refractivity contribution in [2.45, 2.75) is 38.8 Å². The Morgan fingerprint density at radius 3 is 2.92 bits per heavy atom. The van der Waals surface area contributed by atoms with Gasteiger partial charge in [0.15, 0.2) is 0 Å². The van der Waals surface area contributed by atoms with Gasteiger partial charge in [-0.1, -0.05) is 0 Å². The van der Waals surface area contributed by atoms with Crippen molar-refractivity contribution >= 4 is 11.8 Å². The van der Waals surface area contributed by atoms with Gasteiger partial charge in [-0.25, -0.2) is 4.98 Å². The molecule has 1 atom stereocenters. The Labute approximate surface area is 145 Å². The topological polar surface area (TPSA) is 79.5 Å². The summed E-state index contributed by atoms with van der Waals surface area (Å²) in [5.41, 5.74) is 1.62. The van der Waals surface area contributed by atoms with E-state index in [4.69, 9.17) is 4.42 Å². The van der Waals surface area contributed by atoms with Crippen LogP contribution in [0.15, 0.2) is 28.9 Å². The smallest absolute Gasteiger partial charge is 0.245 e. The van der Waals surface area contributed by atoms with E-state index in [-0.39, 0.29) is 11.8 Å². The van der Waals surface area contributed by atoms with E-state index >= 15 is 0 Å². The normalized spacial score (nSPS) is 18.4. The van der Waals surface area contributed by atoms with Crippen molar-refractivity contribution in [1.29, 1.82) is 0 Å². The number of carbonyl (C=O) groups excluding carboxylic acids is 2. The van der Waals surface area contributed by atoms with Crippen molar-refractivity contribution in [3.05, 3.63) is 36.0 Å². The van der Waals surface area contributed by atoms with Crippen LogP contribution in [0, 0.1) is 0 Å². The lowest BCUT2D eigenvalue weighted by atomic mass is 10.1. The quantitative estimate of drug-likeness (QED) is 0.848. The highest BCUT2D eigenvalue weighted by Gasteiger charge is 2.34. The Hall–Kier alpha value is -2.70. The lowest BCUT2D eigenvalue weighted by Gasteiger charge is -2.31. The molecule has 0 spiro atoms.